The van der Waals surface area contributed by atoms with Crippen molar-refractivity contribution in [3.05, 3.63) is 54.1 Å². The summed E-state index contributed by atoms with van der Waals surface area (Å²) in [5.41, 5.74) is 3.18. The lowest BCUT2D eigenvalue weighted by atomic mass is 9.92. The zero-order valence-electron chi connectivity index (χ0n) is 13.3. The van der Waals surface area contributed by atoms with Crippen LogP contribution >= 0.6 is 12.4 Å². The highest BCUT2D eigenvalue weighted by Gasteiger charge is 2.16. The quantitative estimate of drug-likeness (QED) is 0.795. The van der Waals surface area contributed by atoms with E-state index in [0.29, 0.717) is 13.0 Å². The molecule has 0 spiro atoms. The van der Waals surface area contributed by atoms with E-state index in [1.54, 1.807) is 12.1 Å². The molecule has 2 aromatic rings. The first kappa shape index (κ1) is 19.0. The average molecular weight is 336 g/mol. The fourth-order valence-electron chi connectivity index (χ4n) is 2.46. The van der Waals surface area contributed by atoms with Crippen molar-refractivity contribution < 1.29 is 14.6 Å². The maximum absolute atomic E-state index is 11.6. The van der Waals surface area contributed by atoms with Crippen LogP contribution in [0.4, 0.5) is 0 Å². The molecule has 5 heteroatoms. The smallest absolute Gasteiger partial charge is 0.306 e. The maximum atomic E-state index is 11.6. The molecule has 2 N–H and O–H groups in total. The van der Waals surface area contributed by atoms with E-state index in [1.807, 2.05) is 37.4 Å². The van der Waals surface area contributed by atoms with Crippen molar-refractivity contribution in [1.82, 2.24) is 5.32 Å². The minimum absolute atomic E-state index is 0. The predicted octanol–water partition coefficient (Wildman–Crippen LogP) is 3.35. The molecule has 1 atom stereocenters. The summed E-state index contributed by atoms with van der Waals surface area (Å²) in [6.45, 7) is 0.703. The zero-order chi connectivity index (χ0) is 15.9. The standard InChI is InChI=1S/C18H21NO3.ClH/c1-19-12-16(11-18(21)22-2)15-5-3-4-14(10-15)13-6-8-17(20)9-7-13;/h3-10,16,19-20H,11-12H2,1-2H3;1H/t16-;/m1./s1. The summed E-state index contributed by atoms with van der Waals surface area (Å²) in [7, 11) is 3.28. The van der Waals surface area contributed by atoms with Gasteiger partial charge in [-0.25, -0.2) is 0 Å². The minimum Gasteiger partial charge on any atom is -0.508 e. The Morgan fingerprint density at radius 2 is 1.87 bits per heavy atom. The van der Waals surface area contributed by atoms with E-state index in [2.05, 4.69) is 11.4 Å². The van der Waals surface area contributed by atoms with Gasteiger partial charge in [-0.1, -0.05) is 36.4 Å². The third-order valence-corrected chi connectivity index (χ3v) is 3.65. The Kier molecular flexibility index (Phi) is 7.59. The summed E-state index contributed by atoms with van der Waals surface area (Å²) in [6, 6.07) is 15.2. The topological polar surface area (TPSA) is 58.6 Å². The highest BCUT2D eigenvalue weighted by molar-refractivity contribution is 5.85. The Morgan fingerprint density at radius 3 is 2.48 bits per heavy atom. The number of carbonyl (C=O) groups excluding carboxylic acids is 1. The van der Waals surface area contributed by atoms with Crippen molar-refractivity contribution in [3.8, 4) is 16.9 Å². The predicted molar refractivity (Wildman–Crippen MR) is 94.1 cm³/mol. The first-order valence-corrected chi connectivity index (χ1v) is 7.25. The molecule has 2 aromatic carbocycles. The number of methoxy groups -OCH3 is 1. The van der Waals surface area contributed by atoms with Gasteiger partial charge >= 0.3 is 5.97 Å². The van der Waals surface area contributed by atoms with Crippen LogP contribution in [0.5, 0.6) is 5.75 Å². The first-order chi connectivity index (χ1) is 10.6. The van der Waals surface area contributed by atoms with Crippen molar-refractivity contribution in [2.45, 2.75) is 12.3 Å². The van der Waals surface area contributed by atoms with E-state index >= 15 is 0 Å². The van der Waals surface area contributed by atoms with E-state index in [9.17, 15) is 9.90 Å². The van der Waals surface area contributed by atoms with Gasteiger partial charge in [0.2, 0.25) is 0 Å². The Morgan fingerprint density at radius 1 is 1.17 bits per heavy atom. The van der Waals surface area contributed by atoms with Gasteiger partial charge in [-0.2, -0.15) is 0 Å². The third-order valence-electron chi connectivity index (χ3n) is 3.65. The lowest BCUT2D eigenvalue weighted by Crippen LogP contribution is -2.20. The number of aromatic hydroxyl groups is 1. The molecule has 0 aliphatic heterocycles. The number of ether oxygens (including phenoxy) is 1. The second-order valence-corrected chi connectivity index (χ2v) is 5.21. The van der Waals surface area contributed by atoms with Gasteiger partial charge < -0.3 is 15.2 Å². The number of carbonyl (C=O) groups is 1. The molecular weight excluding hydrogens is 314 g/mol. The van der Waals surface area contributed by atoms with Gasteiger partial charge in [0, 0.05) is 12.5 Å². The van der Waals surface area contributed by atoms with Crippen LogP contribution in [0.1, 0.15) is 17.9 Å². The summed E-state index contributed by atoms with van der Waals surface area (Å²) in [4.78, 5) is 11.6. The van der Waals surface area contributed by atoms with Gasteiger partial charge in [-0.3, -0.25) is 4.79 Å². The lowest BCUT2D eigenvalue weighted by Gasteiger charge is -2.17. The molecule has 23 heavy (non-hydrogen) atoms. The number of hydrogen-bond donors (Lipinski definition) is 2. The summed E-state index contributed by atoms with van der Waals surface area (Å²) < 4.78 is 4.78. The fraction of sp³-hybridized carbons (Fsp3) is 0.278. The van der Waals surface area contributed by atoms with Crippen LogP contribution in [0, 0.1) is 0 Å². The molecular formula is C18H22ClNO3. The van der Waals surface area contributed by atoms with Crippen LogP contribution < -0.4 is 5.32 Å². The molecule has 0 aromatic heterocycles. The van der Waals surface area contributed by atoms with Crippen molar-refractivity contribution in [1.29, 1.82) is 0 Å². The van der Waals surface area contributed by atoms with Crippen molar-refractivity contribution in [2.75, 3.05) is 20.7 Å². The molecule has 0 amide bonds. The summed E-state index contributed by atoms with van der Waals surface area (Å²) in [5.74, 6) is 0.100. The van der Waals surface area contributed by atoms with Gasteiger partial charge in [0.25, 0.3) is 0 Å². The van der Waals surface area contributed by atoms with Crippen LogP contribution in [0.2, 0.25) is 0 Å². The monoisotopic (exact) mass is 335 g/mol. The summed E-state index contributed by atoms with van der Waals surface area (Å²) in [6.07, 6.45) is 0.344. The lowest BCUT2D eigenvalue weighted by molar-refractivity contribution is -0.141. The Labute approximate surface area is 142 Å². The molecule has 0 bridgehead atoms. The molecule has 0 heterocycles. The first-order valence-electron chi connectivity index (χ1n) is 7.25. The highest BCUT2D eigenvalue weighted by Crippen LogP contribution is 2.27. The van der Waals surface area contributed by atoms with Gasteiger partial charge in [0.05, 0.1) is 13.5 Å². The molecule has 2 rings (SSSR count). The normalized spacial score (nSPS) is 11.4. The van der Waals surface area contributed by atoms with Crippen LogP contribution in [0.3, 0.4) is 0 Å². The Bertz CT molecular complexity index is 628. The summed E-state index contributed by atoms with van der Waals surface area (Å²) in [5, 5.41) is 12.5. The molecule has 0 aliphatic carbocycles. The maximum Gasteiger partial charge on any atom is 0.306 e. The van der Waals surface area contributed by atoms with Gasteiger partial charge in [-0.05, 0) is 35.9 Å². The molecule has 0 saturated heterocycles. The number of esters is 1. The van der Waals surface area contributed by atoms with Crippen LogP contribution in [-0.2, 0) is 9.53 Å². The Balaban J connectivity index is 0.00000264. The number of likely N-dealkylation sites (N-methyl/N-ethyl adjacent to an activating group) is 1. The van der Waals surface area contributed by atoms with Crippen LogP contribution in [0.15, 0.2) is 48.5 Å². The second-order valence-electron chi connectivity index (χ2n) is 5.21. The van der Waals surface area contributed by atoms with E-state index in [4.69, 9.17) is 4.74 Å². The number of phenolic OH excluding ortho intramolecular Hbond substituents is 1. The van der Waals surface area contributed by atoms with Crippen molar-refractivity contribution in [2.24, 2.45) is 0 Å². The Hall–Kier alpha value is -2.04. The largest absolute Gasteiger partial charge is 0.508 e. The minimum atomic E-state index is -0.213. The SMILES string of the molecule is CNC[C@@H](CC(=O)OC)c1cccc(-c2ccc(O)cc2)c1.Cl. The fourth-order valence-corrected chi connectivity index (χ4v) is 2.46. The molecule has 4 nitrogen and oxygen atoms in total. The number of halogens is 1. The second kappa shape index (κ2) is 9.18. The number of hydrogen-bond acceptors (Lipinski definition) is 4. The van der Waals surface area contributed by atoms with E-state index in [-0.39, 0.29) is 30.0 Å². The number of rotatable bonds is 6. The molecule has 124 valence electrons. The zero-order valence-corrected chi connectivity index (χ0v) is 14.1. The van der Waals surface area contributed by atoms with Crippen molar-refractivity contribution >= 4 is 18.4 Å². The molecule has 0 aliphatic rings. The molecule has 0 radical (unpaired) electrons. The number of benzene rings is 2. The average Bonchev–Trinajstić information content (AvgIpc) is 2.55. The van der Waals surface area contributed by atoms with E-state index in [1.165, 1.54) is 7.11 Å². The van der Waals surface area contributed by atoms with Crippen LogP contribution in [-0.4, -0.2) is 31.8 Å². The van der Waals surface area contributed by atoms with Gasteiger partial charge in [0.15, 0.2) is 0 Å². The van der Waals surface area contributed by atoms with Crippen molar-refractivity contribution in [3.63, 3.8) is 0 Å². The third kappa shape index (κ3) is 5.27. The number of nitrogens with one attached hydrogen (secondary N) is 1. The number of phenols is 1. The van der Waals surface area contributed by atoms with Gasteiger partial charge in [0.1, 0.15) is 5.75 Å². The molecule has 0 fully saturated rings. The molecule has 0 saturated carbocycles. The van der Waals surface area contributed by atoms with E-state index in [0.717, 1.165) is 16.7 Å². The van der Waals surface area contributed by atoms with Gasteiger partial charge in [-0.15, -0.1) is 12.4 Å². The van der Waals surface area contributed by atoms with Crippen LogP contribution in [0.25, 0.3) is 11.1 Å². The molecule has 0 unspecified atom stereocenters. The van der Waals surface area contributed by atoms with E-state index < -0.39 is 0 Å². The highest BCUT2D eigenvalue weighted by atomic mass is 35.5. The summed E-state index contributed by atoms with van der Waals surface area (Å²) >= 11 is 0.